The van der Waals surface area contributed by atoms with E-state index in [0.29, 0.717) is 22.2 Å². The number of imidazole rings is 1. The molecule has 0 saturated carbocycles. The van der Waals surface area contributed by atoms with Crippen LogP contribution in [0.4, 0.5) is 23.5 Å². The number of aromatic nitrogens is 5. The first-order valence-electron chi connectivity index (χ1n) is 8.05. The van der Waals surface area contributed by atoms with Crippen LogP contribution in [-0.2, 0) is 0 Å². The largest absolute Gasteiger partial charge is 0.408 e. The first kappa shape index (κ1) is 17.3. The molecule has 0 amide bonds. The average Bonchev–Trinajstić information content (AvgIpc) is 3.18. The van der Waals surface area contributed by atoms with Gasteiger partial charge in [0.1, 0.15) is 11.7 Å². The smallest absolute Gasteiger partial charge is 0.345 e. The summed E-state index contributed by atoms with van der Waals surface area (Å²) in [6.07, 6.45) is 1.92. The fourth-order valence-corrected chi connectivity index (χ4v) is 2.80. The molecular weight excluding hydrogens is 364 g/mol. The second-order valence-corrected chi connectivity index (χ2v) is 6.24. The minimum atomic E-state index is -4.41. The molecule has 27 heavy (non-hydrogen) atoms. The Hall–Kier alpha value is -3.17. The standard InChI is InChI=1S/C17H14F4N6/c1-8-4-23-15-13(18)3-10(7-27(8)15)11-5-22-14-12(11)6-24-16(26-14)25-9(2)17(19,20)21/h3-7,9H,1-2H3,(H2,22,24,25,26)/t9-/m1/s1. The molecule has 0 unspecified atom stereocenters. The molecule has 4 aromatic rings. The third kappa shape index (κ3) is 2.96. The van der Waals surface area contributed by atoms with E-state index in [4.69, 9.17) is 0 Å². The second-order valence-electron chi connectivity index (χ2n) is 6.24. The Balaban J connectivity index is 1.75. The van der Waals surface area contributed by atoms with Gasteiger partial charge in [0.2, 0.25) is 5.95 Å². The quantitative estimate of drug-likeness (QED) is 0.527. The fourth-order valence-electron chi connectivity index (χ4n) is 2.80. The number of nitrogens with one attached hydrogen (secondary N) is 2. The molecule has 0 aliphatic rings. The van der Waals surface area contributed by atoms with E-state index in [2.05, 4.69) is 25.3 Å². The first-order chi connectivity index (χ1) is 12.7. The van der Waals surface area contributed by atoms with Gasteiger partial charge in [-0.15, -0.1) is 0 Å². The van der Waals surface area contributed by atoms with E-state index < -0.39 is 18.0 Å². The summed E-state index contributed by atoms with van der Waals surface area (Å²) in [6, 6.07) is -0.437. The van der Waals surface area contributed by atoms with Gasteiger partial charge in [0, 0.05) is 47.0 Å². The summed E-state index contributed by atoms with van der Waals surface area (Å²) in [5, 5.41) is 2.79. The van der Waals surface area contributed by atoms with Crippen molar-refractivity contribution in [3.8, 4) is 11.1 Å². The lowest BCUT2D eigenvalue weighted by atomic mass is 10.1. The number of H-pyrrole nitrogens is 1. The topological polar surface area (TPSA) is 70.9 Å². The van der Waals surface area contributed by atoms with Crippen LogP contribution in [0.25, 0.3) is 27.8 Å². The van der Waals surface area contributed by atoms with Crippen LogP contribution in [-0.4, -0.2) is 36.6 Å². The highest BCUT2D eigenvalue weighted by atomic mass is 19.4. The summed E-state index contributed by atoms with van der Waals surface area (Å²) in [7, 11) is 0. The number of halogens is 4. The summed E-state index contributed by atoms with van der Waals surface area (Å²) < 4.78 is 54.0. The number of anilines is 1. The van der Waals surface area contributed by atoms with Gasteiger partial charge in [0.25, 0.3) is 0 Å². The molecular formula is C17H14F4N6. The van der Waals surface area contributed by atoms with E-state index in [1.165, 1.54) is 12.3 Å². The van der Waals surface area contributed by atoms with Gasteiger partial charge < -0.3 is 14.7 Å². The monoisotopic (exact) mass is 378 g/mol. The zero-order chi connectivity index (χ0) is 19.3. The van der Waals surface area contributed by atoms with Gasteiger partial charge in [0.15, 0.2) is 11.5 Å². The Morgan fingerprint density at radius 1 is 1.22 bits per heavy atom. The molecule has 2 N–H and O–H groups in total. The maximum atomic E-state index is 14.3. The van der Waals surface area contributed by atoms with Gasteiger partial charge in [-0.25, -0.2) is 14.4 Å². The summed E-state index contributed by atoms with van der Waals surface area (Å²) in [4.78, 5) is 14.9. The molecule has 1 atom stereocenters. The first-order valence-corrected chi connectivity index (χ1v) is 8.05. The molecule has 4 aromatic heterocycles. The van der Waals surface area contributed by atoms with Gasteiger partial charge >= 0.3 is 6.18 Å². The summed E-state index contributed by atoms with van der Waals surface area (Å²) in [5.74, 6) is -0.624. The van der Waals surface area contributed by atoms with Crippen LogP contribution in [0.5, 0.6) is 0 Å². The van der Waals surface area contributed by atoms with Gasteiger partial charge in [0.05, 0.1) is 0 Å². The number of hydrogen-bond acceptors (Lipinski definition) is 4. The average molecular weight is 378 g/mol. The highest BCUT2D eigenvalue weighted by Gasteiger charge is 2.36. The van der Waals surface area contributed by atoms with Crippen LogP contribution in [0.3, 0.4) is 0 Å². The molecule has 4 heterocycles. The Morgan fingerprint density at radius 2 is 2.00 bits per heavy atom. The number of rotatable bonds is 3. The molecule has 0 aliphatic carbocycles. The van der Waals surface area contributed by atoms with E-state index in [-0.39, 0.29) is 11.6 Å². The van der Waals surface area contributed by atoms with Crippen LogP contribution >= 0.6 is 0 Å². The SMILES string of the molecule is Cc1cnc2c(F)cc(-c3c[nH]c4nc(N[C@H](C)C(F)(F)F)ncc34)cn12. The maximum Gasteiger partial charge on any atom is 0.408 e. The minimum absolute atomic E-state index is 0.146. The zero-order valence-electron chi connectivity index (χ0n) is 14.3. The molecule has 10 heteroatoms. The van der Waals surface area contributed by atoms with Crippen molar-refractivity contribution in [2.24, 2.45) is 0 Å². The van der Waals surface area contributed by atoms with Crippen molar-refractivity contribution >= 4 is 22.6 Å². The molecule has 0 bridgehead atoms. The van der Waals surface area contributed by atoms with Crippen molar-refractivity contribution in [2.45, 2.75) is 26.1 Å². The van der Waals surface area contributed by atoms with Gasteiger partial charge in [-0.05, 0) is 19.9 Å². The van der Waals surface area contributed by atoms with Crippen molar-refractivity contribution in [1.29, 1.82) is 0 Å². The molecule has 0 aliphatic heterocycles. The number of aryl methyl sites for hydroxylation is 1. The van der Waals surface area contributed by atoms with Crippen LogP contribution in [0.1, 0.15) is 12.6 Å². The lowest BCUT2D eigenvalue weighted by Gasteiger charge is -2.16. The molecule has 0 aromatic carbocycles. The van der Waals surface area contributed by atoms with Crippen molar-refractivity contribution in [1.82, 2.24) is 24.3 Å². The predicted molar refractivity (Wildman–Crippen MR) is 91.9 cm³/mol. The van der Waals surface area contributed by atoms with Crippen molar-refractivity contribution in [3.63, 3.8) is 0 Å². The molecule has 140 valence electrons. The normalized spacial score (nSPS) is 13.4. The third-order valence-electron chi connectivity index (χ3n) is 4.33. The number of aromatic amines is 1. The lowest BCUT2D eigenvalue weighted by Crippen LogP contribution is -2.33. The second kappa shape index (κ2) is 5.93. The van der Waals surface area contributed by atoms with Crippen LogP contribution in [0.2, 0.25) is 0 Å². The number of nitrogens with zero attached hydrogens (tertiary/aromatic N) is 4. The molecule has 0 fully saturated rings. The van der Waals surface area contributed by atoms with E-state index in [9.17, 15) is 17.6 Å². The summed E-state index contributed by atoms with van der Waals surface area (Å²) in [6.45, 7) is 2.79. The Morgan fingerprint density at radius 3 is 2.74 bits per heavy atom. The lowest BCUT2D eigenvalue weighted by molar-refractivity contribution is -0.138. The maximum absolute atomic E-state index is 14.3. The molecule has 6 nitrogen and oxygen atoms in total. The Labute approximate surface area is 150 Å². The van der Waals surface area contributed by atoms with Crippen LogP contribution in [0.15, 0.2) is 30.9 Å². The molecule has 4 rings (SSSR count). The van der Waals surface area contributed by atoms with Gasteiger partial charge in [-0.3, -0.25) is 0 Å². The van der Waals surface area contributed by atoms with Crippen molar-refractivity contribution < 1.29 is 17.6 Å². The van der Waals surface area contributed by atoms with Crippen LogP contribution in [0, 0.1) is 12.7 Å². The molecule has 0 spiro atoms. The van der Waals surface area contributed by atoms with E-state index in [1.54, 1.807) is 29.9 Å². The van der Waals surface area contributed by atoms with E-state index >= 15 is 0 Å². The fraction of sp³-hybridized carbons (Fsp3) is 0.235. The third-order valence-corrected chi connectivity index (χ3v) is 4.33. The number of hydrogen-bond donors (Lipinski definition) is 2. The minimum Gasteiger partial charge on any atom is -0.345 e. The van der Waals surface area contributed by atoms with Crippen molar-refractivity contribution in [2.75, 3.05) is 5.32 Å². The Kier molecular flexibility index (Phi) is 3.79. The number of pyridine rings is 1. The zero-order valence-corrected chi connectivity index (χ0v) is 14.3. The molecule has 0 saturated heterocycles. The van der Waals surface area contributed by atoms with Gasteiger partial charge in [-0.1, -0.05) is 0 Å². The highest BCUT2D eigenvalue weighted by molar-refractivity contribution is 5.93. The van der Waals surface area contributed by atoms with Gasteiger partial charge in [-0.2, -0.15) is 18.2 Å². The van der Waals surface area contributed by atoms with Crippen molar-refractivity contribution in [3.05, 3.63) is 42.4 Å². The predicted octanol–water partition coefficient (Wildman–Crippen LogP) is 4.08. The molecule has 0 radical (unpaired) electrons. The highest BCUT2D eigenvalue weighted by Crippen LogP contribution is 2.30. The van der Waals surface area contributed by atoms with E-state index in [1.807, 2.05) is 0 Å². The Bertz CT molecular complexity index is 1140. The number of alkyl halides is 3. The summed E-state index contributed by atoms with van der Waals surface area (Å²) >= 11 is 0. The van der Waals surface area contributed by atoms with Crippen LogP contribution < -0.4 is 5.32 Å². The van der Waals surface area contributed by atoms with E-state index in [0.717, 1.165) is 12.6 Å². The summed E-state index contributed by atoms with van der Waals surface area (Å²) in [5.41, 5.74) is 2.55. The number of fused-ring (bicyclic) bond motifs is 2.